The second kappa shape index (κ2) is 6.16. The second-order valence-electron chi connectivity index (χ2n) is 5.69. The van der Waals surface area contributed by atoms with Crippen LogP contribution in [-0.2, 0) is 15.8 Å². The van der Waals surface area contributed by atoms with Crippen molar-refractivity contribution in [3.8, 4) is 5.75 Å². The highest BCUT2D eigenvalue weighted by Gasteiger charge is 2.31. The van der Waals surface area contributed by atoms with Crippen LogP contribution in [0, 0.1) is 0 Å². The Bertz CT molecular complexity index is 861. The molecular weight excluding hydrogens is 330 g/mol. The number of benzene rings is 2. The first kappa shape index (κ1) is 16.3. The van der Waals surface area contributed by atoms with Gasteiger partial charge in [0, 0.05) is 0 Å². The summed E-state index contributed by atoms with van der Waals surface area (Å²) in [6, 6.07) is 12.9. The van der Waals surface area contributed by atoms with Crippen molar-refractivity contribution in [1.82, 2.24) is 0 Å². The molecule has 3 rings (SSSR count). The predicted molar refractivity (Wildman–Crippen MR) is 89.9 cm³/mol. The van der Waals surface area contributed by atoms with Crippen molar-refractivity contribution < 1.29 is 23.1 Å². The number of ether oxygens (including phenoxy) is 1. The van der Waals surface area contributed by atoms with Crippen LogP contribution >= 0.6 is 0 Å². The Kier molecular flexibility index (Phi) is 4.19. The van der Waals surface area contributed by atoms with Gasteiger partial charge in [-0.05, 0) is 36.8 Å². The number of carboxylic acids is 1. The van der Waals surface area contributed by atoms with Gasteiger partial charge in [0.2, 0.25) is 10.0 Å². The fraction of sp³-hybridized carbons (Fsp3) is 0.235. The fourth-order valence-corrected chi connectivity index (χ4v) is 4.30. The predicted octanol–water partition coefficient (Wildman–Crippen LogP) is 2.50. The average molecular weight is 347 g/mol. The lowest BCUT2D eigenvalue weighted by Gasteiger charge is -2.34. The maximum Gasteiger partial charge on any atom is 0.335 e. The third-order valence-electron chi connectivity index (χ3n) is 3.77. The summed E-state index contributed by atoms with van der Waals surface area (Å²) >= 11 is 0. The lowest BCUT2D eigenvalue weighted by Crippen LogP contribution is -2.42. The molecular formula is C17H17NO5S. The van der Waals surface area contributed by atoms with E-state index in [0.717, 1.165) is 0 Å². The Balaban J connectivity index is 1.89. The van der Waals surface area contributed by atoms with E-state index in [1.54, 1.807) is 24.3 Å². The minimum atomic E-state index is -3.61. The van der Waals surface area contributed by atoms with Crippen LogP contribution in [0.25, 0.3) is 0 Å². The maximum atomic E-state index is 12.8. The topological polar surface area (TPSA) is 83.9 Å². The molecule has 0 amide bonds. The normalized spacial score (nSPS) is 17.0. The van der Waals surface area contributed by atoms with Gasteiger partial charge in [0.25, 0.3) is 0 Å². The molecule has 2 aromatic carbocycles. The third-order valence-corrected chi connectivity index (χ3v) is 5.49. The average Bonchev–Trinajstić information content (AvgIpc) is 2.54. The van der Waals surface area contributed by atoms with Crippen molar-refractivity contribution in [3.05, 3.63) is 59.7 Å². The minimum Gasteiger partial charge on any atom is -0.487 e. The van der Waals surface area contributed by atoms with Gasteiger partial charge in [-0.2, -0.15) is 0 Å². The molecule has 1 aliphatic rings. The molecule has 126 valence electrons. The monoisotopic (exact) mass is 347 g/mol. The van der Waals surface area contributed by atoms with Gasteiger partial charge in [-0.1, -0.05) is 24.3 Å². The Morgan fingerprint density at radius 1 is 1.21 bits per heavy atom. The van der Waals surface area contributed by atoms with E-state index in [1.807, 2.05) is 6.92 Å². The highest BCUT2D eigenvalue weighted by molar-refractivity contribution is 7.92. The lowest BCUT2D eigenvalue weighted by atomic mass is 10.1. The Morgan fingerprint density at radius 2 is 1.88 bits per heavy atom. The molecule has 1 heterocycles. The zero-order chi connectivity index (χ0) is 17.3. The fourth-order valence-electron chi connectivity index (χ4n) is 2.64. The zero-order valence-corrected chi connectivity index (χ0v) is 13.9. The maximum absolute atomic E-state index is 12.8. The van der Waals surface area contributed by atoms with Crippen molar-refractivity contribution in [2.45, 2.75) is 18.8 Å². The molecule has 1 unspecified atom stereocenters. The second-order valence-corrected chi connectivity index (χ2v) is 7.58. The van der Waals surface area contributed by atoms with Gasteiger partial charge in [-0.3, -0.25) is 4.31 Å². The van der Waals surface area contributed by atoms with Gasteiger partial charge in [0.1, 0.15) is 11.9 Å². The van der Waals surface area contributed by atoms with E-state index in [4.69, 9.17) is 9.84 Å². The smallest absolute Gasteiger partial charge is 0.335 e. The molecule has 24 heavy (non-hydrogen) atoms. The summed E-state index contributed by atoms with van der Waals surface area (Å²) in [5, 5.41) is 8.91. The van der Waals surface area contributed by atoms with Crippen LogP contribution in [-0.4, -0.2) is 32.1 Å². The SMILES string of the molecule is CC1CN(S(=O)(=O)Cc2ccc(C(=O)O)cc2)c2ccccc2O1. The molecule has 1 aliphatic heterocycles. The molecule has 6 nitrogen and oxygen atoms in total. The molecule has 1 atom stereocenters. The quantitative estimate of drug-likeness (QED) is 0.919. The summed E-state index contributed by atoms with van der Waals surface area (Å²) < 4.78 is 32.7. The molecule has 0 saturated carbocycles. The van der Waals surface area contributed by atoms with E-state index in [0.29, 0.717) is 17.0 Å². The Hall–Kier alpha value is -2.54. The van der Waals surface area contributed by atoms with E-state index >= 15 is 0 Å². The van der Waals surface area contributed by atoms with Crippen LogP contribution in [0.3, 0.4) is 0 Å². The van der Waals surface area contributed by atoms with E-state index in [9.17, 15) is 13.2 Å². The first-order valence-corrected chi connectivity index (χ1v) is 9.06. The summed E-state index contributed by atoms with van der Waals surface area (Å²) in [7, 11) is -3.61. The van der Waals surface area contributed by atoms with Gasteiger partial charge in [-0.25, -0.2) is 13.2 Å². The highest BCUT2D eigenvalue weighted by Crippen LogP contribution is 2.35. The van der Waals surface area contributed by atoms with Crippen LogP contribution < -0.4 is 9.04 Å². The van der Waals surface area contributed by atoms with Crippen LogP contribution in [0.5, 0.6) is 5.75 Å². The standard InChI is InChI=1S/C17H17NO5S/c1-12-10-18(15-4-2-3-5-16(15)23-12)24(21,22)11-13-6-8-14(9-7-13)17(19)20/h2-9,12H,10-11H2,1H3,(H,19,20). The van der Waals surface area contributed by atoms with Crippen molar-refractivity contribution in [1.29, 1.82) is 0 Å². The molecule has 0 radical (unpaired) electrons. The third kappa shape index (κ3) is 3.21. The first-order chi connectivity index (χ1) is 11.4. The van der Waals surface area contributed by atoms with Gasteiger partial charge < -0.3 is 9.84 Å². The number of hydrogen-bond acceptors (Lipinski definition) is 4. The van der Waals surface area contributed by atoms with Gasteiger partial charge >= 0.3 is 5.97 Å². The molecule has 0 aromatic heterocycles. The number of nitrogens with zero attached hydrogens (tertiary/aromatic N) is 1. The zero-order valence-electron chi connectivity index (χ0n) is 13.0. The number of carbonyl (C=O) groups is 1. The van der Waals surface area contributed by atoms with Crippen molar-refractivity contribution in [2.75, 3.05) is 10.8 Å². The van der Waals surface area contributed by atoms with Crippen LogP contribution in [0.15, 0.2) is 48.5 Å². The number of aromatic carboxylic acids is 1. The molecule has 0 fully saturated rings. The van der Waals surface area contributed by atoms with Crippen LogP contribution in [0.1, 0.15) is 22.8 Å². The van der Waals surface area contributed by atoms with Gasteiger partial charge in [0.05, 0.1) is 23.5 Å². The Morgan fingerprint density at radius 3 is 2.54 bits per heavy atom. The van der Waals surface area contributed by atoms with Gasteiger partial charge in [-0.15, -0.1) is 0 Å². The molecule has 0 spiro atoms. The molecule has 1 N–H and O–H groups in total. The first-order valence-electron chi connectivity index (χ1n) is 7.45. The van der Waals surface area contributed by atoms with Crippen molar-refractivity contribution in [2.24, 2.45) is 0 Å². The minimum absolute atomic E-state index is 0.126. The van der Waals surface area contributed by atoms with Crippen molar-refractivity contribution in [3.63, 3.8) is 0 Å². The number of sulfonamides is 1. The molecule has 7 heteroatoms. The lowest BCUT2D eigenvalue weighted by molar-refractivity contribution is 0.0697. The number of carboxylic acid groups (broad SMARTS) is 1. The van der Waals surface area contributed by atoms with Gasteiger partial charge in [0.15, 0.2) is 0 Å². The highest BCUT2D eigenvalue weighted by atomic mass is 32.2. The summed E-state index contributed by atoms with van der Waals surface area (Å²) in [5.41, 5.74) is 1.19. The van der Waals surface area contributed by atoms with Crippen molar-refractivity contribution >= 4 is 21.7 Å². The molecule has 0 aliphatic carbocycles. The number of anilines is 1. The molecule has 0 bridgehead atoms. The number of fused-ring (bicyclic) bond motifs is 1. The molecule has 0 saturated heterocycles. The van der Waals surface area contributed by atoms with E-state index < -0.39 is 16.0 Å². The summed E-state index contributed by atoms with van der Waals surface area (Å²) in [6.07, 6.45) is -0.246. The largest absolute Gasteiger partial charge is 0.487 e. The number of rotatable bonds is 4. The Labute approximate surface area is 140 Å². The van der Waals surface area contributed by atoms with Crippen LogP contribution in [0.2, 0.25) is 0 Å². The number of hydrogen-bond donors (Lipinski definition) is 1. The van der Waals surface area contributed by atoms with Crippen LogP contribution in [0.4, 0.5) is 5.69 Å². The summed E-state index contributed by atoms with van der Waals surface area (Å²) in [5.74, 6) is -0.699. The summed E-state index contributed by atoms with van der Waals surface area (Å²) in [6.45, 7) is 2.06. The molecule has 2 aromatic rings. The van der Waals surface area contributed by atoms with E-state index in [1.165, 1.54) is 28.6 Å². The van der Waals surface area contributed by atoms with E-state index in [2.05, 4.69) is 0 Å². The number of para-hydroxylation sites is 2. The van der Waals surface area contributed by atoms with E-state index in [-0.39, 0.29) is 24.0 Å². The summed E-state index contributed by atoms with van der Waals surface area (Å²) in [4.78, 5) is 10.9.